The highest BCUT2D eigenvalue weighted by atomic mass is 15.2. The van der Waals surface area contributed by atoms with Crippen LogP contribution < -0.4 is 16.4 Å². The first-order valence-electron chi connectivity index (χ1n) is 5.13. The molecular weight excluding hydrogens is 188 g/mol. The molecule has 0 saturated carbocycles. The largest absolute Gasteiger partial charge is 0.370 e. The fraction of sp³-hybridized carbons (Fsp3) is 0.364. The Morgan fingerprint density at radius 1 is 1.53 bits per heavy atom. The third kappa shape index (κ3) is 2.21. The lowest BCUT2D eigenvalue weighted by atomic mass is 10.0. The van der Waals surface area contributed by atoms with Gasteiger partial charge in [-0.3, -0.25) is 4.99 Å². The van der Waals surface area contributed by atoms with Crippen molar-refractivity contribution in [3.05, 3.63) is 29.8 Å². The zero-order valence-electron chi connectivity index (χ0n) is 8.83. The van der Waals surface area contributed by atoms with Crippen LogP contribution in [-0.2, 0) is 6.42 Å². The van der Waals surface area contributed by atoms with E-state index >= 15 is 0 Å². The van der Waals surface area contributed by atoms with E-state index in [0.717, 1.165) is 12.8 Å². The predicted octanol–water partition coefficient (Wildman–Crippen LogP) is 0.905. The summed E-state index contributed by atoms with van der Waals surface area (Å²) in [6.07, 6.45) is 2.27. The molecule has 2 rings (SSSR count). The Bertz CT molecular complexity index is 373. The van der Waals surface area contributed by atoms with E-state index in [2.05, 4.69) is 33.8 Å². The Morgan fingerprint density at radius 3 is 3.13 bits per heavy atom. The second-order valence-corrected chi connectivity index (χ2v) is 3.65. The Kier molecular flexibility index (Phi) is 2.76. The molecule has 0 amide bonds. The summed E-state index contributed by atoms with van der Waals surface area (Å²) in [4.78, 5) is 3.88. The number of guanidine groups is 1. The molecule has 0 aromatic heterocycles. The smallest absolute Gasteiger partial charge is 0.189 e. The van der Waals surface area contributed by atoms with E-state index in [-0.39, 0.29) is 6.17 Å². The lowest BCUT2D eigenvalue weighted by Gasteiger charge is -2.27. The third-order valence-electron chi connectivity index (χ3n) is 2.61. The molecule has 0 bridgehead atoms. The van der Waals surface area contributed by atoms with Gasteiger partial charge in [0.15, 0.2) is 5.96 Å². The van der Waals surface area contributed by atoms with Gasteiger partial charge in [0.25, 0.3) is 0 Å². The average Bonchev–Trinajstić information content (AvgIpc) is 2.29. The van der Waals surface area contributed by atoms with Gasteiger partial charge in [0.1, 0.15) is 0 Å². The third-order valence-corrected chi connectivity index (χ3v) is 2.61. The molecule has 4 N–H and O–H groups in total. The highest BCUT2D eigenvalue weighted by Crippen LogP contribution is 2.22. The first-order chi connectivity index (χ1) is 7.29. The number of aliphatic imine (C=N–C) groups is 1. The molecule has 0 aliphatic carbocycles. The van der Waals surface area contributed by atoms with Crippen molar-refractivity contribution in [2.24, 2.45) is 10.7 Å². The van der Waals surface area contributed by atoms with Gasteiger partial charge in [-0.1, -0.05) is 18.2 Å². The van der Waals surface area contributed by atoms with Gasteiger partial charge in [-0.15, -0.1) is 0 Å². The van der Waals surface area contributed by atoms with Crippen molar-refractivity contribution in [1.82, 2.24) is 5.32 Å². The van der Waals surface area contributed by atoms with Crippen molar-refractivity contribution in [2.45, 2.75) is 19.0 Å². The first kappa shape index (κ1) is 9.83. The summed E-state index contributed by atoms with van der Waals surface area (Å²) in [5, 5.41) is 6.52. The molecule has 1 aliphatic heterocycles. The van der Waals surface area contributed by atoms with Crippen LogP contribution >= 0.6 is 0 Å². The molecular formula is C11H16N4. The number of nitrogens with one attached hydrogen (secondary N) is 2. The Morgan fingerprint density at radius 2 is 2.33 bits per heavy atom. The van der Waals surface area contributed by atoms with Gasteiger partial charge >= 0.3 is 0 Å². The molecule has 1 unspecified atom stereocenters. The predicted molar refractivity (Wildman–Crippen MR) is 62.9 cm³/mol. The molecule has 80 valence electrons. The van der Waals surface area contributed by atoms with Gasteiger partial charge in [-0.25, -0.2) is 0 Å². The van der Waals surface area contributed by atoms with Gasteiger partial charge in [0.05, 0.1) is 6.17 Å². The second kappa shape index (κ2) is 4.21. The normalized spacial score (nSPS) is 20.3. The number of fused-ring (bicyclic) bond motifs is 1. The average molecular weight is 204 g/mol. The standard InChI is InChI=1S/C11H16N4/c1-13-11(12)15-10-7-6-8-4-2-3-5-9(8)14-10/h2-5,10,14H,6-7H2,1H3,(H3,12,13,15). The number of nitrogens with two attached hydrogens (primary N) is 1. The van der Waals surface area contributed by atoms with Crippen molar-refractivity contribution in [1.29, 1.82) is 0 Å². The summed E-state index contributed by atoms with van der Waals surface area (Å²) in [6, 6.07) is 8.33. The van der Waals surface area contributed by atoms with Gasteiger partial charge in [0.2, 0.25) is 0 Å². The number of para-hydroxylation sites is 1. The van der Waals surface area contributed by atoms with Crippen LogP contribution in [0.3, 0.4) is 0 Å². The minimum absolute atomic E-state index is 0.184. The maximum atomic E-state index is 5.62. The minimum Gasteiger partial charge on any atom is -0.370 e. The summed E-state index contributed by atoms with van der Waals surface area (Å²) < 4.78 is 0. The Balaban J connectivity index is 2.06. The summed E-state index contributed by atoms with van der Waals surface area (Å²) in [7, 11) is 1.68. The van der Waals surface area contributed by atoms with E-state index in [1.165, 1.54) is 11.3 Å². The molecule has 0 saturated heterocycles. The number of aryl methyl sites for hydroxylation is 1. The zero-order valence-corrected chi connectivity index (χ0v) is 8.83. The van der Waals surface area contributed by atoms with Crippen LogP contribution in [0, 0.1) is 0 Å². The fourth-order valence-corrected chi connectivity index (χ4v) is 1.79. The van der Waals surface area contributed by atoms with Gasteiger partial charge in [-0.05, 0) is 24.5 Å². The second-order valence-electron chi connectivity index (χ2n) is 3.65. The highest BCUT2D eigenvalue weighted by molar-refractivity contribution is 5.78. The van der Waals surface area contributed by atoms with Gasteiger partial charge in [-0.2, -0.15) is 0 Å². The van der Waals surface area contributed by atoms with Gasteiger partial charge in [0, 0.05) is 12.7 Å². The van der Waals surface area contributed by atoms with Crippen molar-refractivity contribution >= 4 is 11.6 Å². The zero-order chi connectivity index (χ0) is 10.7. The molecule has 1 aromatic carbocycles. The minimum atomic E-state index is 0.184. The SMILES string of the molecule is CN=C(N)NC1CCc2ccccc2N1. The van der Waals surface area contributed by atoms with Crippen LogP contribution in [0.4, 0.5) is 5.69 Å². The number of anilines is 1. The first-order valence-corrected chi connectivity index (χ1v) is 5.13. The number of benzene rings is 1. The van der Waals surface area contributed by atoms with E-state index in [9.17, 15) is 0 Å². The molecule has 4 heteroatoms. The lowest BCUT2D eigenvalue weighted by molar-refractivity contribution is 0.597. The van der Waals surface area contributed by atoms with Crippen LogP contribution in [0.15, 0.2) is 29.3 Å². The molecule has 0 radical (unpaired) electrons. The molecule has 1 heterocycles. The van der Waals surface area contributed by atoms with Crippen LogP contribution in [0.25, 0.3) is 0 Å². The molecule has 0 spiro atoms. The molecule has 15 heavy (non-hydrogen) atoms. The quantitative estimate of drug-likeness (QED) is 0.470. The van der Waals surface area contributed by atoms with Crippen LogP contribution in [0.5, 0.6) is 0 Å². The van der Waals surface area contributed by atoms with Crippen LogP contribution in [0.2, 0.25) is 0 Å². The van der Waals surface area contributed by atoms with E-state index in [4.69, 9.17) is 5.73 Å². The number of nitrogens with zero attached hydrogens (tertiary/aromatic N) is 1. The van der Waals surface area contributed by atoms with Crippen molar-refractivity contribution in [2.75, 3.05) is 12.4 Å². The van der Waals surface area contributed by atoms with Crippen LogP contribution in [-0.4, -0.2) is 19.2 Å². The summed E-state index contributed by atoms with van der Waals surface area (Å²) >= 11 is 0. The maximum absolute atomic E-state index is 5.62. The van der Waals surface area contributed by atoms with Crippen molar-refractivity contribution in [3.63, 3.8) is 0 Å². The summed E-state index contributed by atoms with van der Waals surface area (Å²) in [5.74, 6) is 0.479. The fourth-order valence-electron chi connectivity index (χ4n) is 1.79. The lowest BCUT2D eigenvalue weighted by Crippen LogP contribution is -2.46. The molecule has 0 fully saturated rings. The summed E-state index contributed by atoms with van der Waals surface area (Å²) in [6.45, 7) is 0. The maximum Gasteiger partial charge on any atom is 0.189 e. The Labute approximate surface area is 89.6 Å². The van der Waals surface area contributed by atoms with E-state index < -0.39 is 0 Å². The molecule has 1 aliphatic rings. The number of rotatable bonds is 1. The monoisotopic (exact) mass is 204 g/mol. The Hall–Kier alpha value is -1.71. The van der Waals surface area contributed by atoms with E-state index in [0.29, 0.717) is 5.96 Å². The van der Waals surface area contributed by atoms with Crippen molar-refractivity contribution < 1.29 is 0 Å². The van der Waals surface area contributed by atoms with E-state index in [1.807, 2.05) is 6.07 Å². The van der Waals surface area contributed by atoms with E-state index in [1.54, 1.807) is 7.05 Å². The molecule has 4 nitrogen and oxygen atoms in total. The molecule has 1 atom stereocenters. The van der Waals surface area contributed by atoms with Crippen molar-refractivity contribution in [3.8, 4) is 0 Å². The molecule has 1 aromatic rings. The number of hydrogen-bond acceptors (Lipinski definition) is 2. The summed E-state index contributed by atoms with van der Waals surface area (Å²) in [5.41, 5.74) is 8.17. The highest BCUT2D eigenvalue weighted by Gasteiger charge is 2.16. The number of hydrogen-bond donors (Lipinski definition) is 3. The topological polar surface area (TPSA) is 62.4 Å². The van der Waals surface area contributed by atoms with Crippen LogP contribution in [0.1, 0.15) is 12.0 Å². The van der Waals surface area contributed by atoms with Gasteiger partial charge < -0.3 is 16.4 Å².